The first-order chi connectivity index (χ1) is 5.38. The standard InChI is InChI=1S/C9H13NO/c11-9-7-5-3-1-2-4-6-8(7)10-9/h4,6-8H,1-3,5H2,(H,10,11)/b6-4-/t7-,8+/m0/s1. The molecule has 2 atom stereocenters. The van der Waals surface area contributed by atoms with Crippen LogP contribution in [0.15, 0.2) is 12.2 Å². The van der Waals surface area contributed by atoms with E-state index in [9.17, 15) is 4.79 Å². The van der Waals surface area contributed by atoms with Gasteiger partial charge in [-0.2, -0.15) is 0 Å². The topological polar surface area (TPSA) is 29.1 Å². The summed E-state index contributed by atoms with van der Waals surface area (Å²) in [5.74, 6) is 0.549. The Hall–Kier alpha value is -0.790. The fourth-order valence-electron chi connectivity index (χ4n) is 1.80. The molecule has 0 unspecified atom stereocenters. The number of amides is 1. The van der Waals surface area contributed by atoms with Gasteiger partial charge in [0, 0.05) is 0 Å². The lowest BCUT2D eigenvalue weighted by molar-refractivity contribution is -0.133. The van der Waals surface area contributed by atoms with E-state index in [1.54, 1.807) is 0 Å². The maximum Gasteiger partial charge on any atom is 0.226 e. The summed E-state index contributed by atoms with van der Waals surface area (Å²) in [5, 5.41) is 2.89. The Morgan fingerprint density at radius 2 is 2.36 bits per heavy atom. The number of carbonyl (C=O) groups excluding carboxylic acids is 1. The van der Waals surface area contributed by atoms with Gasteiger partial charge in [-0.25, -0.2) is 0 Å². The van der Waals surface area contributed by atoms with Gasteiger partial charge >= 0.3 is 0 Å². The molecule has 1 aliphatic heterocycles. The smallest absolute Gasteiger partial charge is 0.226 e. The first kappa shape index (κ1) is 6.89. The number of nitrogens with one attached hydrogen (secondary N) is 1. The van der Waals surface area contributed by atoms with E-state index in [-0.39, 0.29) is 5.91 Å². The minimum atomic E-state index is 0.251. The molecule has 0 aromatic rings. The molecule has 1 saturated heterocycles. The van der Waals surface area contributed by atoms with Crippen LogP contribution in [0.1, 0.15) is 25.7 Å². The van der Waals surface area contributed by atoms with Crippen LogP contribution in [0, 0.1) is 5.92 Å². The second kappa shape index (κ2) is 2.68. The van der Waals surface area contributed by atoms with Crippen molar-refractivity contribution in [2.75, 3.05) is 0 Å². The van der Waals surface area contributed by atoms with Crippen molar-refractivity contribution in [2.24, 2.45) is 5.92 Å². The highest BCUT2D eigenvalue weighted by atomic mass is 16.2. The lowest BCUT2D eigenvalue weighted by Gasteiger charge is -2.35. The van der Waals surface area contributed by atoms with Crippen molar-refractivity contribution in [1.29, 1.82) is 0 Å². The van der Waals surface area contributed by atoms with Crippen LogP contribution in [0.3, 0.4) is 0 Å². The summed E-state index contributed by atoms with van der Waals surface area (Å²) < 4.78 is 0. The first-order valence-corrected chi connectivity index (χ1v) is 4.35. The van der Waals surface area contributed by atoms with Crippen LogP contribution in [0.25, 0.3) is 0 Å². The van der Waals surface area contributed by atoms with Crippen molar-refractivity contribution >= 4 is 5.91 Å². The Labute approximate surface area is 66.7 Å². The summed E-state index contributed by atoms with van der Waals surface area (Å²) in [4.78, 5) is 11.0. The van der Waals surface area contributed by atoms with Gasteiger partial charge in [0.05, 0.1) is 12.0 Å². The van der Waals surface area contributed by atoms with Crippen LogP contribution in [0.2, 0.25) is 0 Å². The summed E-state index contributed by atoms with van der Waals surface area (Å²) in [6.45, 7) is 0. The second-order valence-electron chi connectivity index (χ2n) is 3.35. The molecule has 0 aromatic heterocycles. The Morgan fingerprint density at radius 3 is 3.18 bits per heavy atom. The maximum atomic E-state index is 11.0. The molecular weight excluding hydrogens is 138 g/mol. The van der Waals surface area contributed by atoms with Crippen molar-refractivity contribution in [3.8, 4) is 0 Å². The van der Waals surface area contributed by atoms with E-state index in [1.807, 2.05) is 0 Å². The first-order valence-electron chi connectivity index (χ1n) is 4.35. The van der Waals surface area contributed by atoms with E-state index in [4.69, 9.17) is 0 Å². The Balaban J connectivity index is 2.04. The summed E-state index contributed by atoms with van der Waals surface area (Å²) >= 11 is 0. The average molecular weight is 151 g/mol. The SMILES string of the molecule is O=C1N[C@@H]2/C=C\CCCC[C@H]12. The van der Waals surface area contributed by atoms with Gasteiger partial charge in [0.15, 0.2) is 0 Å². The van der Waals surface area contributed by atoms with Gasteiger partial charge in [0.1, 0.15) is 0 Å². The number of carbonyl (C=O) groups is 1. The predicted molar refractivity (Wildman–Crippen MR) is 43.0 cm³/mol. The quantitative estimate of drug-likeness (QED) is 0.409. The van der Waals surface area contributed by atoms with Crippen LogP contribution in [-0.2, 0) is 4.79 Å². The minimum absolute atomic E-state index is 0.251. The van der Waals surface area contributed by atoms with Crippen molar-refractivity contribution in [1.82, 2.24) is 5.32 Å². The van der Waals surface area contributed by atoms with Gasteiger partial charge in [-0.05, 0) is 19.3 Å². The molecule has 1 fully saturated rings. The van der Waals surface area contributed by atoms with E-state index in [0.717, 1.165) is 6.42 Å². The van der Waals surface area contributed by atoms with Crippen LogP contribution >= 0.6 is 0 Å². The molecule has 2 heteroatoms. The summed E-state index contributed by atoms with van der Waals surface area (Å²) in [6, 6.07) is 0.364. The fourth-order valence-corrected chi connectivity index (χ4v) is 1.80. The van der Waals surface area contributed by atoms with Crippen molar-refractivity contribution in [2.45, 2.75) is 31.7 Å². The highest BCUT2D eigenvalue weighted by molar-refractivity contribution is 5.86. The molecule has 1 heterocycles. The van der Waals surface area contributed by atoms with Crippen LogP contribution in [0.4, 0.5) is 0 Å². The minimum Gasteiger partial charge on any atom is -0.349 e. The van der Waals surface area contributed by atoms with Crippen LogP contribution in [-0.4, -0.2) is 11.9 Å². The third kappa shape index (κ3) is 1.17. The molecule has 11 heavy (non-hydrogen) atoms. The van der Waals surface area contributed by atoms with Crippen molar-refractivity contribution < 1.29 is 4.79 Å². The van der Waals surface area contributed by atoms with E-state index in [1.165, 1.54) is 19.3 Å². The summed E-state index contributed by atoms with van der Waals surface area (Å²) in [5.41, 5.74) is 0. The van der Waals surface area contributed by atoms with Gasteiger partial charge in [-0.1, -0.05) is 18.6 Å². The second-order valence-corrected chi connectivity index (χ2v) is 3.35. The molecule has 1 aliphatic carbocycles. The summed E-state index contributed by atoms with van der Waals surface area (Å²) in [7, 11) is 0. The van der Waals surface area contributed by atoms with Crippen LogP contribution in [0.5, 0.6) is 0 Å². The number of hydrogen-bond acceptors (Lipinski definition) is 1. The van der Waals surface area contributed by atoms with Crippen molar-refractivity contribution in [3.63, 3.8) is 0 Å². The fraction of sp³-hybridized carbons (Fsp3) is 0.667. The predicted octanol–water partition coefficient (Wildman–Crippen LogP) is 1.23. The highest BCUT2D eigenvalue weighted by Crippen LogP contribution is 2.24. The molecule has 2 nitrogen and oxygen atoms in total. The monoisotopic (exact) mass is 151 g/mol. The van der Waals surface area contributed by atoms with Gasteiger partial charge in [0.2, 0.25) is 5.91 Å². The third-order valence-electron chi connectivity index (χ3n) is 2.56. The number of fused-ring (bicyclic) bond motifs is 1. The molecule has 0 saturated carbocycles. The largest absolute Gasteiger partial charge is 0.349 e. The number of rotatable bonds is 0. The molecule has 2 aliphatic rings. The zero-order chi connectivity index (χ0) is 7.68. The van der Waals surface area contributed by atoms with E-state index in [2.05, 4.69) is 17.5 Å². The van der Waals surface area contributed by atoms with Gasteiger partial charge in [-0.15, -0.1) is 0 Å². The van der Waals surface area contributed by atoms with E-state index < -0.39 is 0 Å². The number of hydrogen-bond donors (Lipinski definition) is 1. The van der Waals surface area contributed by atoms with E-state index >= 15 is 0 Å². The molecule has 0 spiro atoms. The van der Waals surface area contributed by atoms with Gasteiger partial charge < -0.3 is 5.32 Å². The molecule has 1 amide bonds. The zero-order valence-corrected chi connectivity index (χ0v) is 6.55. The Bertz CT molecular complexity index is 198. The Morgan fingerprint density at radius 1 is 1.45 bits per heavy atom. The third-order valence-corrected chi connectivity index (χ3v) is 2.56. The molecule has 1 N–H and O–H groups in total. The van der Waals surface area contributed by atoms with Gasteiger partial charge in [0.25, 0.3) is 0 Å². The molecule has 2 rings (SSSR count). The maximum absolute atomic E-state index is 11.0. The molecule has 0 bridgehead atoms. The lowest BCUT2D eigenvalue weighted by atomic mass is 9.84. The molecular formula is C9H13NO. The number of β-lactam (4-membered cyclic amide) rings is 1. The van der Waals surface area contributed by atoms with Crippen molar-refractivity contribution in [3.05, 3.63) is 12.2 Å². The molecule has 60 valence electrons. The normalized spacial score (nSPS) is 39.1. The summed E-state index contributed by atoms with van der Waals surface area (Å²) in [6.07, 6.45) is 9.05. The van der Waals surface area contributed by atoms with Crippen LogP contribution < -0.4 is 5.32 Å². The lowest BCUT2D eigenvalue weighted by Crippen LogP contribution is -2.57. The average Bonchev–Trinajstić information content (AvgIpc) is 1.96. The number of allylic oxidation sites excluding steroid dienone is 1. The zero-order valence-electron chi connectivity index (χ0n) is 6.55. The molecule has 0 aromatic carbocycles. The Kier molecular flexibility index (Phi) is 1.68. The van der Waals surface area contributed by atoms with E-state index in [0.29, 0.717) is 12.0 Å². The van der Waals surface area contributed by atoms with Gasteiger partial charge in [-0.3, -0.25) is 4.79 Å². The highest BCUT2D eigenvalue weighted by Gasteiger charge is 2.36. The molecule has 0 radical (unpaired) electrons.